The lowest BCUT2D eigenvalue weighted by Gasteiger charge is -2.21. The topological polar surface area (TPSA) is 29.1 Å². The molecule has 2 atom stereocenters. The van der Waals surface area contributed by atoms with Crippen molar-refractivity contribution in [3.05, 3.63) is 35.4 Å². The van der Waals surface area contributed by atoms with Crippen molar-refractivity contribution in [3.8, 4) is 0 Å². The molecule has 2 rings (SSSR count). The third-order valence-electron chi connectivity index (χ3n) is 3.64. The molecule has 1 N–H and O–H groups in total. The van der Waals surface area contributed by atoms with Crippen LogP contribution in [0.5, 0.6) is 0 Å². The number of halogens is 3. The average Bonchev–Trinajstić information content (AvgIpc) is 2.59. The predicted octanol–water partition coefficient (Wildman–Crippen LogP) is 3.56. The van der Waals surface area contributed by atoms with Crippen LogP contribution >= 0.6 is 11.6 Å². The van der Waals surface area contributed by atoms with Gasteiger partial charge in [0.2, 0.25) is 5.91 Å². The average molecular weight is 302 g/mol. The van der Waals surface area contributed by atoms with E-state index in [4.69, 9.17) is 11.6 Å². The maximum Gasteiger partial charge on any atom is 0.224 e. The van der Waals surface area contributed by atoms with Crippen molar-refractivity contribution < 1.29 is 13.6 Å². The lowest BCUT2D eigenvalue weighted by molar-refractivity contribution is -0.121. The number of alkyl halides is 1. The minimum atomic E-state index is -0.691. The first-order chi connectivity index (χ1) is 9.56. The minimum absolute atomic E-state index is 0.0600. The van der Waals surface area contributed by atoms with E-state index >= 15 is 0 Å². The van der Waals surface area contributed by atoms with Gasteiger partial charge in [-0.2, -0.15) is 0 Å². The summed E-state index contributed by atoms with van der Waals surface area (Å²) >= 11 is 6.25. The van der Waals surface area contributed by atoms with Crippen LogP contribution in [0.3, 0.4) is 0 Å². The number of amides is 1. The second-order valence-electron chi connectivity index (χ2n) is 5.24. The highest BCUT2D eigenvalue weighted by Crippen LogP contribution is 2.22. The van der Waals surface area contributed by atoms with Crippen LogP contribution in [0.1, 0.15) is 37.7 Å². The van der Waals surface area contributed by atoms with Gasteiger partial charge in [0.05, 0.1) is 11.8 Å². The van der Waals surface area contributed by atoms with Gasteiger partial charge >= 0.3 is 0 Å². The molecule has 0 heterocycles. The van der Waals surface area contributed by atoms with E-state index in [0.717, 1.165) is 44.2 Å². The molecular formula is C15H18ClF2NO. The van der Waals surface area contributed by atoms with Crippen LogP contribution in [0.25, 0.3) is 0 Å². The molecule has 1 amide bonds. The second-order valence-corrected chi connectivity index (χ2v) is 5.80. The number of benzene rings is 1. The Morgan fingerprint density at radius 1 is 1.25 bits per heavy atom. The van der Waals surface area contributed by atoms with Crippen LogP contribution in [0.4, 0.5) is 8.78 Å². The smallest absolute Gasteiger partial charge is 0.224 e. The van der Waals surface area contributed by atoms with Crippen LogP contribution < -0.4 is 5.32 Å². The van der Waals surface area contributed by atoms with Crippen LogP contribution in [0, 0.1) is 11.6 Å². The molecule has 0 bridgehead atoms. The van der Waals surface area contributed by atoms with Crippen molar-refractivity contribution in [2.45, 2.75) is 49.9 Å². The van der Waals surface area contributed by atoms with Gasteiger partial charge in [0.1, 0.15) is 11.6 Å². The predicted molar refractivity (Wildman–Crippen MR) is 74.7 cm³/mol. The monoisotopic (exact) mass is 301 g/mol. The summed E-state index contributed by atoms with van der Waals surface area (Å²) < 4.78 is 26.3. The Kier molecular flexibility index (Phi) is 5.35. The number of hydrogen-bond acceptors (Lipinski definition) is 1. The standard InChI is InChI=1S/C15H18ClF2NO/c16-12-4-2-1-3-5-14(12)19-15(20)8-10-6-7-11(17)9-13(10)18/h6-7,9,12,14H,1-5,8H2,(H,19,20). The molecule has 0 aromatic heterocycles. The van der Waals surface area contributed by atoms with E-state index in [2.05, 4.69) is 5.32 Å². The summed E-state index contributed by atoms with van der Waals surface area (Å²) in [5, 5.41) is 2.80. The fraction of sp³-hybridized carbons (Fsp3) is 0.533. The zero-order chi connectivity index (χ0) is 14.5. The fourth-order valence-electron chi connectivity index (χ4n) is 2.52. The molecule has 2 nitrogen and oxygen atoms in total. The van der Waals surface area contributed by atoms with Crippen LogP contribution in [0.2, 0.25) is 0 Å². The van der Waals surface area contributed by atoms with E-state index in [1.807, 2.05) is 0 Å². The van der Waals surface area contributed by atoms with Crippen LogP contribution in [0.15, 0.2) is 18.2 Å². The number of hydrogen-bond donors (Lipinski definition) is 1. The molecular weight excluding hydrogens is 284 g/mol. The van der Waals surface area contributed by atoms with E-state index in [1.54, 1.807) is 0 Å². The SMILES string of the molecule is O=C(Cc1ccc(F)cc1F)NC1CCCCCC1Cl. The Balaban J connectivity index is 1.94. The number of carbonyl (C=O) groups is 1. The minimum Gasteiger partial charge on any atom is -0.352 e. The molecule has 0 spiro atoms. The lowest BCUT2D eigenvalue weighted by Crippen LogP contribution is -2.41. The van der Waals surface area contributed by atoms with E-state index in [1.165, 1.54) is 6.07 Å². The highest BCUT2D eigenvalue weighted by molar-refractivity contribution is 6.21. The number of rotatable bonds is 3. The van der Waals surface area contributed by atoms with Gasteiger partial charge in [-0.05, 0) is 24.5 Å². The first-order valence-corrected chi connectivity index (χ1v) is 7.37. The molecule has 1 aromatic rings. The van der Waals surface area contributed by atoms with Gasteiger partial charge in [0.25, 0.3) is 0 Å². The Hall–Kier alpha value is -1.16. The van der Waals surface area contributed by atoms with Gasteiger partial charge in [-0.3, -0.25) is 4.79 Å². The normalized spacial score (nSPS) is 23.1. The summed E-state index contributed by atoms with van der Waals surface area (Å²) in [7, 11) is 0. The molecule has 2 unspecified atom stereocenters. The van der Waals surface area contributed by atoms with Gasteiger partial charge in [-0.25, -0.2) is 8.78 Å². The zero-order valence-electron chi connectivity index (χ0n) is 11.2. The molecule has 1 saturated carbocycles. The van der Waals surface area contributed by atoms with Crippen molar-refractivity contribution in [1.29, 1.82) is 0 Å². The number of carbonyl (C=O) groups excluding carboxylic acids is 1. The third kappa shape index (κ3) is 4.17. The maximum absolute atomic E-state index is 13.5. The molecule has 0 saturated heterocycles. The largest absolute Gasteiger partial charge is 0.352 e. The summed E-state index contributed by atoms with van der Waals surface area (Å²) in [5.41, 5.74) is 0.198. The zero-order valence-corrected chi connectivity index (χ0v) is 11.9. The molecule has 1 aliphatic carbocycles. The summed E-state index contributed by atoms with van der Waals surface area (Å²) in [6, 6.07) is 3.19. The Morgan fingerprint density at radius 2 is 2.00 bits per heavy atom. The third-order valence-corrected chi connectivity index (χ3v) is 4.17. The van der Waals surface area contributed by atoms with Gasteiger partial charge < -0.3 is 5.32 Å². The fourth-order valence-corrected chi connectivity index (χ4v) is 2.86. The molecule has 110 valence electrons. The van der Waals surface area contributed by atoms with Crippen molar-refractivity contribution in [1.82, 2.24) is 5.32 Å². The van der Waals surface area contributed by atoms with Crippen molar-refractivity contribution in [2.24, 2.45) is 0 Å². The lowest BCUT2D eigenvalue weighted by atomic mass is 10.1. The van der Waals surface area contributed by atoms with Crippen LogP contribution in [-0.4, -0.2) is 17.3 Å². The van der Waals surface area contributed by atoms with Crippen LogP contribution in [-0.2, 0) is 11.2 Å². The van der Waals surface area contributed by atoms with E-state index in [-0.39, 0.29) is 29.3 Å². The molecule has 5 heteroatoms. The Bertz CT molecular complexity index is 481. The van der Waals surface area contributed by atoms with Gasteiger partial charge in [0, 0.05) is 12.1 Å². The van der Waals surface area contributed by atoms with E-state index in [0.29, 0.717) is 0 Å². The molecule has 20 heavy (non-hydrogen) atoms. The Morgan fingerprint density at radius 3 is 2.75 bits per heavy atom. The highest BCUT2D eigenvalue weighted by Gasteiger charge is 2.23. The van der Waals surface area contributed by atoms with E-state index in [9.17, 15) is 13.6 Å². The van der Waals surface area contributed by atoms with Crippen molar-refractivity contribution >= 4 is 17.5 Å². The van der Waals surface area contributed by atoms with E-state index < -0.39 is 11.6 Å². The summed E-state index contributed by atoms with van der Waals surface area (Å²) in [5.74, 6) is -1.60. The Labute approximate surface area is 122 Å². The highest BCUT2D eigenvalue weighted by atomic mass is 35.5. The summed E-state index contributed by atoms with van der Waals surface area (Å²) in [4.78, 5) is 11.9. The maximum atomic E-state index is 13.5. The van der Waals surface area contributed by atoms with Gasteiger partial charge in [-0.1, -0.05) is 25.3 Å². The number of nitrogens with one attached hydrogen (secondary N) is 1. The second kappa shape index (κ2) is 7.02. The van der Waals surface area contributed by atoms with Gasteiger partial charge in [-0.15, -0.1) is 11.6 Å². The molecule has 1 fully saturated rings. The summed E-state index contributed by atoms with van der Waals surface area (Å²) in [6.07, 6.45) is 4.89. The first-order valence-electron chi connectivity index (χ1n) is 6.93. The van der Waals surface area contributed by atoms with Crippen molar-refractivity contribution in [2.75, 3.05) is 0 Å². The molecule has 0 aliphatic heterocycles. The first kappa shape index (κ1) is 15.2. The quantitative estimate of drug-likeness (QED) is 0.671. The molecule has 1 aromatic carbocycles. The molecule has 0 radical (unpaired) electrons. The summed E-state index contributed by atoms with van der Waals surface area (Å²) in [6.45, 7) is 0. The van der Waals surface area contributed by atoms with Gasteiger partial charge in [0.15, 0.2) is 0 Å². The molecule has 1 aliphatic rings. The van der Waals surface area contributed by atoms with Crippen molar-refractivity contribution in [3.63, 3.8) is 0 Å².